The van der Waals surface area contributed by atoms with Crippen LogP contribution >= 0.6 is 0 Å². The van der Waals surface area contributed by atoms with Gasteiger partial charge in [0.2, 0.25) is 5.95 Å². The Kier molecular flexibility index (Phi) is 6.77. The van der Waals surface area contributed by atoms with Crippen LogP contribution in [-0.2, 0) is 11.4 Å². The first-order valence-corrected chi connectivity index (χ1v) is 14.2. The van der Waals surface area contributed by atoms with Crippen molar-refractivity contribution < 1.29 is 18.4 Å². The number of nitrogens with one attached hydrogen (secondary N) is 3. The Hall–Kier alpha value is -2.76. The fourth-order valence-electron chi connectivity index (χ4n) is 6.17. The number of carbonyl (C=O) groups is 1. The Labute approximate surface area is 221 Å². The smallest absolute Gasteiger partial charge is 0.365 e. The number of imidazole rings is 1. The molecule has 0 aromatic carbocycles. The van der Waals surface area contributed by atoms with E-state index in [1.807, 2.05) is 4.90 Å². The minimum absolute atomic E-state index is 0.187. The Morgan fingerprint density at radius 2 is 1.84 bits per heavy atom. The third-order valence-corrected chi connectivity index (χ3v) is 8.97. The van der Waals surface area contributed by atoms with E-state index in [1.54, 1.807) is 0 Å². The summed E-state index contributed by atoms with van der Waals surface area (Å²) in [6.45, 7) is 5.72. The van der Waals surface area contributed by atoms with Crippen LogP contribution in [0.1, 0.15) is 83.6 Å². The summed E-state index contributed by atoms with van der Waals surface area (Å²) in [6.07, 6.45) is 6.57. The molecule has 38 heavy (non-hydrogen) atoms. The van der Waals surface area contributed by atoms with E-state index in [9.17, 15) is 13.6 Å². The lowest BCUT2D eigenvalue weighted by atomic mass is 9.80. The molecule has 4 aliphatic rings. The lowest BCUT2D eigenvalue weighted by molar-refractivity contribution is -0.0223. The molecule has 2 aliphatic carbocycles. The minimum Gasteiger partial charge on any atom is -0.365 e. The van der Waals surface area contributed by atoms with Gasteiger partial charge >= 0.3 is 6.09 Å². The molecule has 4 fully saturated rings. The van der Waals surface area contributed by atoms with E-state index in [1.165, 1.54) is 32.1 Å². The van der Waals surface area contributed by atoms with Gasteiger partial charge in [-0.1, -0.05) is 26.2 Å². The molecule has 2 aliphatic heterocycles. The zero-order chi connectivity index (χ0) is 26.4. The Morgan fingerprint density at radius 3 is 2.47 bits per heavy atom. The zero-order valence-corrected chi connectivity index (χ0v) is 22.2. The molecule has 0 spiro atoms. The first kappa shape index (κ1) is 25.5. The molecule has 12 heteroatoms. The van der Waals surface area contributed by atoms with Gasteiger partial charge in [0, 0.05) is 38.5 Å². The summed E-state index contributed by atoms with van der Waals surface area (Å²) >= 11 is 0. The predicted octanol–water partition coefficient (Wildman–Crippen LogP) is 4.73. The molecule has 208 valence electrons. The summed E-state index contributed by atoms with van der Waals surface area (Å²) in [5, 5.41) is 6.31. The van der Waals surface area contributed by atoms with Crippen LogP contribution in [0.5, 0.6) is 0 Å². The molecule has 6 rings (SSSR count). The predicted molar refractivity (Wildman–Crippen MR) is 139 cm³/mol. The summed E-state index contributed by atoms with van der Waals surface area (Å²) in [4.78, 5) is 33.1. The van der Waals surface area contributed by atoms with E-state index in [-0.39, 0.29) is 32.0 Å². The number of hydrogen-bond donors (Lipinski definition) is 3. The number of alkyl halides is 2. The maximum Gasteiger partial charge on any atom is 0.427 e. The van der Waals surface area contributed by atoms with Gasteiger partial charge in [-0.2, -0.15) is 4.98 Å². The SMILES string of the molecule is CC1CCC(Cn2c(N3CCC(F)(F)CC3)nc3nc(C4NOC(=O)N4)nc(N[C@H](C)C4CCC4)c32)CC1. The zero-order valence-electron chi connectivity index (χ0n) is 22.2. The van der Waals surface area contributed by atoms with Crippen molar-refractivity contribution in [3.63, 3.8) is 0 Å². The molecule has 0 radical (unpaired) electrons. The molecule has 4 heterocycles. The molecule has 0 bridgehead atoms. The van der Waals surface area contributed by atoms with E-state index in [4.69, 9.17) is 19.8 Å². The molecule has 2 saturated heterocycles. The lowest BCUT2D eigenvalue weighted by Crippen LogP contribution is -2.40. The van der Waals surface area contributed by atoms with Crippen LogP contribution in [0.4, 0.5) is 25.3 Å². The van der Waals surface area contributed by atoms with E-state index in [2.05, 4.69) is 34.5 Å². The van der Waals surface area contributed by atoms with Gasteiger partial charge in [-0.15, -0.1) is 5.48 Å². The van der Waals surface area contributed by atoms with Crippen molar-refractivity contribution in [2.45, 2.75) is 96.3 Å². The average Bonchev–Trinajstić information content (AvgIpc) is 3.43. The van der Waals surface area contributed by atoms with Gasteiger partial charge in [0.1, 0.15) is 5.52 Å². The van der Waals surface area contributed by atoms with Crippen molar-refractivity contribution in [2.75, 3.05) is 23.3 Å². The number of hydrogen-bond acceptors (Lipinski definition) is 8. The number of piperidine rings is 1. The van der Waals surface area contributed by atoms with E-state index in [0.717, 1.165) is 30.8 Å². The number of nitrogens with zero attached hydrogens (tertiary/aromatic N) is 5. The van der Waals surface area contributed by atoms with Gasteiger partial charge in [0.15, 0.2) is 23.5 Å². The Bertz CT molecular complexity index is 1170. The van der Waals surface area contributed by atoms with Crippen molar-refractivity contribution >= 4 is 29.0 Å². The summed E-state index contributed by atoms with van der Waals surface area (Å²) in [7, 11) is 0. The molecule has 2 saturated carbocycles. The Morgan fingerprint density at radius 1 is 1.11 bits per heavy atom. The highest BCUT2D eigenvalue weighted by atomic mass is 19.3. The van der Waals surface area contributed by atoms with Crippen LogP contribution in [0.3, 0.4) is 0 Å². The molecular formula is C26H38F2N8O2. The van der Waals surface area contributed by atoms with Gasteiger partial charge in [-0.3, -0.25) is 5.32 Å². The normalized spacial score (nSPS) is 28.6. The van der Waals surface area contributed by atoms with E-state index < -0.39 is 18.2 Å². The first-order chi connectivity index (χ1) is 18.3. The summed E-state index contributed by atoms with van der Waals surface area (Å²) < 4.78 is 30.3. The van der Waals surface area contributed by atoms with Crippen molar-refractivity contribution in [2.24, 2.45) is 17.8 Å². The molecule has 2 aromatic heterocycles. The summed E-state index contributed by atoms with van der Waals surface area (Å²) in [5.41, 5.74) is 3.93. The van der Waals surface area contributed by atoms with E-state index >= 15 is 0 Å². The van der Waals surface area contributed by atoms with E-state index in [0.29, 0.717) is 35.1 Å². The standard InChI is InChI=1S/C26H38F2N8O2/c1-15-6-8-17(9-7-15)14-36-19-20(29-16(2)18-4-3-5-18)30-22(23-33-25(37)38-34-23)31-21(19)32-24(36)35-12-10-26(27,28)11-13-35/h15-18,23,34H,3-14H2,1-2H3,(H,33,37)(H,29,30,31)/t15?,16-,17?,23?/m1/s1. The number of halogens is 2. The topological polar surface area (TPSA) is 109 Å². The third-order valence-electron chi connectivity index (χ3n) is 8.97. The summed E-state index contributed by atoms with van der Waals surface area (Å²) in [5.74, 6) is 0.830. The minimum atomic E-state index is -2.64. The number of anilines is 2. The van der Waals surface area contributed by atoms with Crippen molar-refractivity contribution in [3.8, 4) is 0 Å². The second-order valence-electron chi connectivity index (χ2n) is 11.8. The van der Waals surface area contributed by atoms with Crippen LogP contribution in [0.25, 0.3) is 11.2 Å². The summed E-state index contributed by atoms with van der Waals surface area (Å²) in [6, 6.07) is 0.202. The number of rotatable bonds is 7. The third kappa shape index (κ3) is 5.11. The van der Waals surface area contributed by atoms with Crippen LogP contribution < -0.4 is 21.0 Å². The highest BCUT2D eigenvalue weighted by Crippen LogP contribution is 2.38. The molecule has 1 amide bonds. The molecule has 2 aromatic rings. The largest absolute Gasteiger partial charge is 0.427 e. The fraction of sp³-hybridized carbons (Fsp3) is 0.769. The van der Waals surface area contributed by atoms with Crippen molar-refractivity contribution in [1.82, 2.24) is 30.3 Å². The van der Waals surface area contributed by atoms with Gasteiger partial charge in [0.05, 0.1) is 0 Å². The van der Waals surface area contributed by atoms with Gasteiger partial charge in [-0.05, 0) is 50.4 Å². The van der Waals surface area contributed by atoms with Gasteiger partial charge < -0.3 is 19.6 Å². The quantitative estimate of drug-likeness (QED) is 0.470. The number of carbonyl (C=O) groups excluding carboxylic acids is 1. The monoisotopic (exact) mass is 532 g/mol. The highest BCUT2D eigenvalue weighted by Gasteiger charge is 2.37. The fourth-order valence-corrected chi connectivity index (χ4v) is 6.17. The average molecular weight is 533 g/mol. The lowest BCUT2D eigenvalue weighted by Gasteiger charge is -2.34. The molecule has 1 unspecified atom stereocenters. The van der Waals surface area contributed by atoms with Crippen molar-refractivity contribution in [3.05, 3.63) is 5.82 Å². The molecule has 2 atom stereocenters. The van der Waals surface area contributed by atoms with Crippen LogP contribution in [-0.4, -0.2) is 50.7 Å². The number of fused-ring (bicyclic) bond motifs is 1. The van der Waals surface area contributed by atoms with Gasteiger partial charge in [-0.25, -0.2) is 23.5 Å². The maximum absolute atomic E-state index is 14.0. The molecular weight excluding hydrogens is 494 g/mol. The maximum atomic E-state index is 14.0. The molecule has 3 N–H and O–H groups in total. The van der Waals surface area contributed by atoms with Crippen molar-refractivity contribution in [1.29, 1.82) is 0 Å². The number of aromatic nitrogens is 4. The van der Waals surface area contributed by atoms with Crippen LogP contribution in [0.15, 0.2) is 0 Å². The number of hydroxylamine groups is 1. The highest BCUT2D eigenvalue weighted by molar-refractivity contribution is 5.86. The van der Waals surface area contributed by atoms with Crippen LogP contribution in [0.2, 0.25) is 0 Å². The second-order valence-corrected chi connectivity index (χ2v) is 11.8. The first-order valence-electron chi connectivity index (χ1n) is 14.2. The molecule has 10 nitrogen and oxygen atoms in total. The number of amides is 1. The van der Waals surface area contributed by atoms with Gasteiger partial charge in [0.25, 0.3) is 5.92 Å². The second kappa shape index (κ2) is 10.1. The Balaban J connectivity index is 1.42. The van der Waals surface area contributed by atoms with Crippen LogP contribution in [0, 0.1) is 17.8 Å².